The maximum Gasteiger partial charge on any atom is 0.161 e. The van der Waals surface area contributed by atoms with Crippen LogP contribution in [0.4, 0.5) is 0 Å². The Labute approximate surface area is 114 Å². The van der Waals surface area contributed by atoms with Gasteiger partial charge in [-0.05, 0) is 41.3 Å². The van der Waals surface area contributed by atoms with Gasteiger partial charge in [0, 0.05) is 12.4 Å². The first kappa shape index (κ1) is 13.4. The summed E-state index contributed by atoms with van der Waals surface area (Å²) in [6.45, 7) is 4.84. The zero-order valence-electron chi connectivity index (χ0n) is 11.6. The molecule has 1 aromatic heterocycles. The molecule has 3 nitrogen and oxygen atoms in total. The molecule has 0 aliphatic heterocycles. The number of nitrogens with zero attached hydrogens (tertiary/aromatic N) is 1. The Kier molecular flexibility index (Phi) is 4.39. The Morgan fingerprint density at radius 3 is 2.42 bits per heavy atom. The largest absolute Gasteiger partial charge is 0.493 e. The molecule has 0 saturated carbocycles. The first-order chi connectivity index (χ1) is 9.20. The van der Waals surface area contributed by atoms with Crippen LogP contribution in [-0.2, 0) is 6.61 Å². The highest BCUT2D eigenvalue weighted by molar-refractivity contribution is 5.43. The van der Waals surface area contributed by atoms with E-state index in [1.807, 2.05) is 24.3 Å². The molecular weight excluding hydrogens is 238 g/mol. The van der Waals surface area contributed by atoms with E-state index >= 15 is 0 Å². The summed E-state index contributed by atoms with van der Waals surface area (Å²) in [4.78, 5) is 3.99. The van der Waals surface area contributed by atoms with Crippen molar-refractivity contribution < 1.29 is 9.47 Å². The lowest BCUT2D eigenvalue weighted by Gasteiger charge is -2.13. The van der Waals surface area contributed by atoms with Gasteiger partial charge in [-0.3, -0.25) is 4.98 Å². The number of benzene rings is 1. The van der Waals surface area contributed by atoms with Gasteiger partial charge < -0.3 is 9.47 Å². The highest BCUT2D eigenvalue weighted by Crippen LogP contribution is 2.31. The normalized spacial score (nSPS) is 10.5. The van der Waals surface area contributed by atoms with E-state index in [9.17, 15) is 0 Å². The van der Waals surface area contributed by atoms with E-state index in [-0.39, 0.29) is 0 Å². The van der Waals surface area contributed by atoms with E-state index in [1.54, 1.807) is 19.5 Å². The van der Waals surface area contributed by atoms with Crippen molar-refractivity contribution in [1.29, 1.82) is 0 Å². The van der Waals surface area contributed by atoms with Gasteiger partial charge in [-0.15, -0.1) is 0 Å². The van der Waals surface area contributed by atoms with Crippen molar-refractivity contribution in [1.82, 2.24) is 4.98 Å². The highest BCUT2D eigenvalue weighted by atomic mass is 16.5. The van der Waals surface area contributed by atoms with Crippen LogP contribution in [0, 0.1) is 0 Å². The van der Waals surface area contributed by atoms with Gasteiger partial charge in [-0.25, -0.2) is 0 Å². The smallest absolute Gasteiger partial charge is 0.161 e. The van der Waals surface area contributed by atoms with Gasteiger partial charge >= 0.3 is 0 Å². The molecule has 19 heavy (non-hydrogen) atoms. The van der Waals surface area contributed by atoms with Crippen LogP contribution in [0.1, 0.15) is 30.9 Å². The lowest BCUT2D eigenvalue weighted by Crippen LogP contribution is -1.99. The number of hydrogen-bond donors (Lipinski definition) is 0. The SMILES string of the molecule is COc1ccc(C(C)C)cc1OCc1ccncc1. The van der Waals surface area contributed by atoms with E-state index < -0.39 is 0 Å². The van der Waals surface area contributed by atoms with Crippen LogP contribution in [-0.4, -0.2) is 12.1 Å². The van der Waals surface area contributed by atoms with Crippen LogP contribution < -0.4 is 9.47 Å². The van der Waals surface area contributed by atoms with Crippen LogP contribution in [0.2, 0.25) is 0 Å². The van der Waals surface area contributed by atoms with Crippen molar-refractivity contribution in [2.45, 2.75) is 26.4 Å². The van der Waals surface area contributed by atoms with Crippen molar-refractivity contribution in [2.75, 3.05) is 7.11 Å². The maximum atomic E-state index is 5.85. The van der Waals surface area contributed by atoms with Gasteiger partial charge in [0.2, 0.25) is 0 Å². The zero-order chi connectivity index (χ0) is 13.7. The fourth-order valence-corrected chi connectivity index (χ4v) is 1.81. The Balaban J connectivity index is 2.16. The molecule has 0 unspecified atom stereocenters. The summed E-state index contributed by atoms with van der Waals surface area (Å²) in [7, 11) is 1.66. The van der Waals surface area contributed by atoms with Crippen LogP contribution in [0.5, 0.6) is 11.5 Å². The number of aromatic nitrogens is 1. The fraction of sp³-hybridized carbons (Fsp3) is 0.312. The van der Waals surface area contributed by atoms with Crippen molar-refractivity contribution in [3.8, 4) is 11.5 Å². The van der Waals surface area contributed by atoms with E-state index in [4.69, 9.17) is 9.47 Å². The molecule has 100 valence electrons. The van der Waals surface area contributed by atoms with Gasteiger partial charge in [0.25, 0.3) is 0 Å². The third kappa shape index (κ3) is 3.47. The topological polar surface area (TPSA) is 31.4 Å². The molecule has 0 spiro atoms. The molecule has 3 heteroatoms. The summed E-state index contributed by atoms with van der Waals surface area (Å²) in [5.41, 5.74) is 2.33. The highest BCUT2D eigenvalue weighted by Gasteiger charge is 2.08. The monoisotopic (exact) mass is 257 g/mol. The Hall–Kier alpha value is -2.03. The van der Waals surface area contributed by atoms with Gasteiger partial charge in [-0.2, -0.15) is 0 Å². The quantitative estimate of drug-likeness (QED) is 0.816. The lowest BCUT2D eigenvalue weighted by atomic mass is 10.0. The predicted molar refractivity (Wildman–Crippen MR) is 75.7 cm³/mol. The van der Waals surface area contributed by atoms with Gasteiger partial charge in [0.05, 0.1) is 7.11 Å². The molecule has 2 rings (SSSR count). The number of hydrogen-bond acceptors (Lipinski definition) is 3. The van der Waals surface area contributed by atoms with E-state index in [1.165, 1.54) is 5.56 Å². The van der Waals surface area contributed by atoms with Crippen molar-refractivity contribution in [3.63, 3.8) is 0 Å². The molecule has 0 atom stereocenters. The zero-order valence-corrected chi connectivity index (χ0v) is 11.6. The second-order valence-electron chi connectivity index (χ2n) is 4.71. The standard InChI is InChI=1S/C16H19NO2/c1-12(2)14-4-5-15(18-3)16(10-14)19-11-13-6-8-17-9-7-13/h4-10,12H,11H2,1-3H3. The van der Waals surface area contributed by atoms with Gasteiger partial charge in [0.1, 0.15) is 6.61 Å². The maximum absolute atomic E-state index is 5.85. The number of pyridine rings is 1. The second kappa shape index (κ2) is 6.23. The summed E-state index contributed by atoms with van der Waals surface area (Å²) in [6.07, 6.45) is 3.53. The molecule has 1 heterocycles. The number of rotatable bonds is 5. The molecule has 0 aliphatic carbocycles. The van der Waals surface area contributed by atoms with Crippen LogP contribution in [0.25, 0.3) is 0 Å². The Bertz CT molecular complexity index is 524. The molecule has 0 fully saturated rings. The van der Waals surface area contributed by atoms with Crippen LogP contribution in [0.15, 0.2) is 42.7 Å². The van der Waals surface area contributed by atoms with Crippen molar-refractivity contribution in [3.05, 3.63) is 53.9 Å². The Morgan fingerprint density at radius 2 is 1.79 bits per heavy atom. The minimum Gasteiger partial charge on any atom is -0.493 e. The lowest BCUT2D eigenvalue weighted by molar-refractivity contribution is 0.284. The molecule has 0 aliphatic rings. The first-order valence-electron chi connectivity index (χ1n) is 6.40. The van der Waals surface area contributed by atoms with Crippen LogP contribution >= 0.6 is 0 Å². The van der Waals surface area contributed by atoms with E-state index in [0.29, 0.717) is 12.5 Å². The fourth-order valence-electron chi connectivity index (χ4n) is 1.81. The molecule has 1 aromatic carbocycles. The molecule has 0 N–H and O–H groups in total. The van der Waals surface area contributed by atoms with Crippen molar-refractivity contribution in [2.24, 2.45) is 0 Å². The average molecular weight is 257 g/mol. The van der Waals surface area contributed by atoms with Gasteiger partial charge in [-0.1, -0.05) is 19.9 Å². The van der Waals surface area contributed by atoms with E-state index in [2.05, 4.69) is 24.9 Å². The van der Waals surface area contributed by atoms with E-state index in [0.717, 1.165) is 17.1 Å². The summed E-state index contributed by atoms with van der Waals surface area (Å²) >= 11 is 0. The molecule has 2 aromatic rings. The molecule has 0 saturated heterocycles. The number of methoxy groups -OCH3 is 1. The minimum absolute atomic E-state index is 0.467. The molecule has 0 bridgehead atoms. The van der Waals surface area contributed by atoms with Crippen LogP contribution in [0.3, 0.4) is 0 Å². The van der Waals surface area contributed by atoms with Gasteiger partial charge in [0.15, 0.2) is 11.5 Å². The molecule has 0 amide bonds. The molecular formula is C16H19NO2. The third-order valence-electron chi connectivity index (χ3n) is 3.00. The average Bonchev–Trinajstić information content (AvgIpc) is 2.45. The number of ether oxygens (including phenoxy) is 2. The predicted octanol–water partition coefficient (Wildman–Crippen LogP) is 3.79. The summed E-state index contributed by atoms with van der Waals surface area (Å²) in [6, 6.07) is 9.96. The second-order valence-corrected chi connectivity index (χ2v) is 4.71. The summed E-state index contributed by atoms with van der Waals surface area (Å²) in [5, 5.41) is 0. The molecule has 0 radical (unpaired) electrons. The first-order valence-corrected chi connectivity index (χ1v) is 6.40. The summed E-state index contributed by atoms with van der Waals surface area (Å²) < 4.78 is 11.2. The Morgan fingerprint density at radius 1 is 1.05 bits per heavy atom. The third-order valence-corrected chi connectivity index (χ3v) is 3.00. The van der Waals surface area contributed by atoms with Crippen molar-refractivity contribution >= 4 is 0 Å². The minimum atomic E-state index is 0.467. The summed E-state index contributed by atoms with van der Waals surface area (Å²) in [5.74, 6) is 2.01.